The molecule has 0 N–H and O–H groups in total. The van der Waals surface area contributed by atoms with Crippen molar-refractivity contribution < 1.29 is 4.79 Å². The zero-order chi connectivity index (χ0) is 14.1. The van der Waals surface area contributed by atoms with Gasteiger partial charge in [-0.3, -0.25) is 4.79 Å². The molecule has 2 heteroatoms. The average Bonchev–Trinajstić information content (AvgIpc) is 2.49. The van der Waals surface area contributed by atoms with E-state index in [1.807, 2.05) is 61.5 Å². The van der Waals surface area contributed by atoms with Gasteiger partial charge in [-0.2, -0.15) is 0 Å². The van der Waals surface area contributed by atoms with E-state index in [2.05, 4.69) is 28.7 Å². The van der Waals surface area contributed by atoms with Crippen LogP contribution < -0.4 is 0 Å². The lowest BCUT2D eigenvalue weighted by Gasteiger charge is -2.07. The van der Waals surface area contributed by atoms with Crippen molar-refractivity contribution in [2.75, 3.05) is 0 Å². The molecule has 3 aromatic rings. The molecule has 0 spiro atoms. The van der Waals surface area contributed by atoms with Crippen LogP contribution in [0.3, 0.4) is 0 Å². The third-order valence-corrected chi connectivity index (χ3v) is 4.88. The molecule has 0 saturated carbocycles. The van der Waals surface area contributed by atoms with Gasteiger partial charge >= 0.3 is 0 Å². The topological polar surface area (TPSA) is 17.1 Å². The van der Waals surface area contributed by atoms with Crippen molar-refractivity contribution in [3.63, 3.8) is 0 Å². The van der Waals surface area contributed by atoms with Crippen molar-refractivity contribution in [2.24, 2.45) is 0 Å². The highest BCUT2D eigenvalue weighted by Gasteiger charge is 2.13. The smallest absolute Gasteiger partial charge is 0.194 e. The Bertz CT molecular complexity index is 805. The van der Waals surface area contributed by atoms with Gasteiger partial charge in [0.2, 0.25) is 0 Å². The Kier molecular flexibility index (Phi) is 3.57. The molecule has 20 heavy (non-hydrogen) atoms. The molecule has 98 valence electrons. The van der Waals surface area contributed by atoms with Gasteiger partial charge in [-0.25, -0.2) is 0 Å². The Morgan fingerprint density at radius 2 is 1.65 bits per heavy atom. The van der Waals surface area contributed by atoms with E-state index in [1.165, 1.54) is 0 Å². The number of carbonyl (C=O) groups is 1. The Morgan fingerprint density at radius 1 is 0.900 bits per heavy atom. The number of hydrogen-bond donors (Lipinski definition) is 0. The third kappa shape index (κ3) is 2.36. The van der Waals surface area contributed by atoms with Crippen LogP contribution in [0.2, 0.25) is 0 Å². The summed E-state index contributed by atoms with van der Waals surface area (Å²) in [6, 6.07) is 19.8. The summed E-state index contributed by atoms with van der Waals surface area (Å²) in [5.41, 5.74) is 2.66. The van der Waals surface area contributed by atoms with Crippen molar-refractivity contribution >= 4 is 39.1 Å². The van der Waals surface area contributed by atoms with Crippen LogP contribution in [-0.2, 0) is 0 Å². The standard InChI is InChI=1S/C18H13IO/c1-12-5-4-8-16(17(12)19)18(20)15-10-9-13-6-2-3-7-14(13)11-15/h2-11H,1H3. The van der Waals surface area contributed by atoms with E-state index in [4.69, 9.17) is 0 Å². The zero-order valence-corrected chi connectivity index (χ0v) is 13.2. The van der Waals surface area contributed by atoms with Gasteiger partial charge in [0.25, 0.3) is 0 Å². The summed E-state index contributed by atoms with van der Waals surface area (Å²) in [7, 11) is 0. The van der Waals surface area contributed by atoms with Gasteiger partial charge in [0.05, 0.1) is 0 Å². The number of aryl methyl sites for hydroxylation is 1. The molecule has 0 saturated heterocycles. The Morgan fingerprint density at radius 3 is 2.45 bits per heavy atom. The maximum absolute atomic E-state index is 12.7. The molecular formula is C18H13IO. The first-order valence-corrected chi connectivity index (χ1v) is 7.53. The molecule has 0 radical (unpaired) electrons. The number of hydrogen-bond acceptors (Lipinski definition) is 1. The van der Waals surface area contributed by atoms with Gasteiger partial charge in [0.1, 0.15) is 0 Å². The summed E-state index contributed by atoms with van der Waals surface area (Å²) in [5.74, 6) is 0.0869. The molecule has 0 amide bonds. The first-order chi connectivity index (χ1) is 9.66. The fourth-order valence-electron chi connectivity index (χ4n) is 2.31. The molecule has 0 aliphatic heterocycles. The minimum absolute atomic E-state index is 0.0869. The third-order valence-electron chi connectivity index (χ3n) is 3.45. The van der Waals surface area contributed by atoms with Crippen molar-refractivity contribution in [1.82, 2.24) is 0 Å². The van der Waals surface area contributed by atoms with Crippen molar-refractivity contribution in [2.45, 2.75) is 6.92 Å². The van der Waals surface area contributed by atoms with Crippen LogP contribution >= 0.6 is 22.6 Å². The van der Waals surface area contributed by atoms with E-state index in [0.717, 1.165) is 31.0 Å². The van der Waals surface area contributed by atoms with E-state index in [0.29, 0.717) is 0 Å². The lowest BCUT2D eigenvalue weighted by atomic mass is 9.99. The van der Waals surface area contributed by atoms with Crippen molar-refractivity contribution in [1.29, 1.82) is 0 Å². The van der Waals surface area contributed by atoms with Crippen molar-refractivity contribution in [3.05, 3.63) is 80.9 Å². The second-order valence-corrected chi connectivity index (χ2v) is 5.91. The normalized spacial score (nSPS) is 10.7. The molecule has 0 bridgehead atoms. The van der Waals surface area contributed by atoms with E-state index < -0.39 is 0 Å². The second-order valence-electron chi connectivity index (χ2n) is 4.83. The Balaban J connectivity index is 2.10. The summed E-state index contributed by atoms with van der Waals surface area (Å²) < 4.78 is 1.03. The molecule has 0 unspecified atom stereocenters. The number of rotatable bonds is 2. The summed E-state index contributed by atoms with van der Waals surface area (Å²) in [6.45, 7) is 2.03. The van der Waals surface area contributed by atoms with Crippen LogP contribution in [0.25, 0.3) is 10.8 Å². The molecule has 0 fully saturated rings. The Labute approximate surface area is 131 Å². The first kappa shape index (κ1) is 13.3. The molecule has 3 aromatic carbocycles. The number of benzene rings is 3. The SMILES string of the molecule is Cc1cccc(C(=O)c2ccc3ccccc3c2)c1I. The lowest BCUT2D eigenvalue weighted by molar-refractivity contribution is 0.103. The maximum Gasteiger partial charge on any atom is 0.194 e. The zero-order valence-electron chi connectivity index (χ0n) is 11.1. The fraction of sp³-hybridized carbons (Fsp3) is 0.0556. The summed E-state index contributed by atoms with van der Waals surface area (Å²) >= 11 is 2.24. The monoisotopic (exact) mass is 372 g/mol. The van der Waals surface area contributed by atoms with Crippen LogP contribution in [0, 0.1) is 10.5 Å². The van der Waals surface area contributed by atoms with E-state index in [-0.39, 0.29) is 5.78 Å². The molecule has 0 atom stereocenters. The first-order valence-electron chi connectivity index (χ1n) is 6.45. The highest BCUT2D eigenvalue weighted by molar-refractivity contribution is 14.1. The van der Waals surface area contributed by atoms with Crippen LogP contribution in [-0.4, -0.2) is 5.78 Å². The predicted molar refractivity (Wildman–Crippen MR) is 91.3 cm³/mol. The number of fused-ring (bicyclic) bond motifs is 1. The van der Waals surface area contributed by atoms with E-state index >= 15 is 0 Å². The van der Waals surface area contributed by atoms with E-state index in [1.54, 1.807) is 0 Å². The van der Waals surface area contributed by atoms with Gasteiger partial charge in [-0.1, -0.05) is 48.5 Å². The van der Waals surface area contributed by atoms with Gasteiger partial charge in [0.15, 0.2) is 5.78 Å². The molecule has 0 aliphatic rings. The summed E-state index contributed by atoms with van der Waals surface area (Å²) in [4.78, 5) is 12.7. The number of ketones is 1. The molecule has 1 nitrogen and oxygen atoms in total. The van der Waals surface area contributed by atoms with Gasteiger partial charge in [-0.05, 0) is 58.0 Å². The van der Waals surface area contributed by atoms with Crippen molar-refractivity contribution in [3.8, 4) is 0 Å². The number of carbonyl (C=O) groups excluding carboxylic acids is 1. The highest BCUT2D eigenvalue weighted by atomic mass is 127. The fourth-order valence-corrected chi connectivity index (χ4v) is 2.91. The highest BCUT2D eigenvalue weighted by Crippen LogP contribution is 2.22. The molecule has 0 aliphatic carbocycles. The number of halogens is 1. The van der Waals surface area contributed by atoms with Crippen LogP contribution in [0.4, 0.5) is 0 Å². The minimum atomic E-state index is 0.0869. The molecule has 0 heterocycles. The van der Waals surface area contributed by atoms with Gasteiger partial charge in [-0.15, -0.1) is 0 Å². The predicted octanol–water partition coefficient (Wildman–Crippen LogP) is 4.98. The minimum Gasteiger partial charge on any atom is -0.289 e. The molecular weight excluding hydrogens is 359 g/mol. The molecule has 0 aromatic heterocycles. The van der Waals surface area contributed by atoms with Crippen LogP contribution in [0.5, 0.6) is 0 Å². The quantitative estimate of drug-likeness (QED) is 0.458. The van der Waals surface area contributed by atoms with Gasteiger partial charge in [0, 0.05) is 14.7 Å². The average molecular weight is 372 g/mol. The van der Waals surface area contributed by atoms with Crippen LogP contribution in [0.15, 0.2) is 60.7 Å². The van der Waals surface area contributed by atoms with E-state index in [9.17, 15) is 4.79 Å². The maximum atomic E-state index is 12.7. The summed E-state index contributed by atoms with van der Waals surface area (Å²) in [5, 5.41) is 2.25. The molecule has 3 rings (SSSR count). The van der Waals surface area contributed by atoms with Crippen LogP contribution in [0.1, 0.15) is 21.5 Å². The summed E-state index contributed by atoms with van der Waals surface area (Å²) in [6.07, 6.45) is 0. The van der Waals surface area contributed by atoms with Gasteiger partial charge < -0.3 is 0 Å². The lowest BCUT2D eigenvalue weighted by Crippen LogP contribution is -2.04. The largest absolute Gasteiger partial charge is 0.289 e. The Hall–Kier alpha value is -1.68. The second kappa shape index (κ2) is 5.37.